The number of benzene rings is 2. The number of hydrogen-bond donors (Lipinski definition) is 2. The van der Waals surface area contributed by atoms with Gasteiger partial charge in [-0.2, -0.15) is 0 Å². The van der Waals surface area contributed by atoms with Gasteiger partial charge in [0.05, 0.1) is 23.4 Å². The third kappa shape index (κ3) is 4.64. The number of nitrogens with one attached hydrogen (secondary N) is 2. The summed E-state index contributed by atoms with van der Waals surface area (Å²) in [6.45, 7) is 9.65. The van der Waals surface area contributed by atoms with Crippen molar-refractivity contribution in [2.24, 2.45) is 0 Å². The van der Waals surface area contributed by atoms with E-state index in [0.29, 0.717) is 11.3 Å². The molecule has 2 aromatic rings. The minimum Gasteiger partial charge on any atom is -0.459 e. The molecule has 3 rings (SSSR count). The number of urea groups is 1. The first-order valence-corrected chi connectivity index (χ1v) is 10.4. The van der Waals surface area contributed by atoms with E-state index in [2.05, 4.69) is 29.4 Å². The fourth-order valence-electron chi connectivity index (χ4n) is 3.61. The Morgan fingerprint density at radius 3 is 2.23 bits per heavy atom. The van der Waals surface area contributed by atoms with Gasteiger partial charge in [-0.3, -0.25) is 0 Å². The van der Waals surface area contributed by atoms with Crippen LogP contribution >= 0.6 is 0 Å². The highest BCUT2D eigenvalue weighted by molar-refractivity contribution is 6.04. The Morgan fingerprint density at radius 2 is 1.67 bits per heavy atom. The van der Waals surface area contributed by atoms with Crippen LogP contribution in [0, 0.1) is 0 Å². The molecule has 0 aliphatic carbocycles. The number of hydrogen-bond acceptors (Lipinski definition) is 4. The molecule has 1 aliphatic rings. The second kappa shape index (κ2) is 9.48. The van der Waals surface area contributed by atoms with Crippen LogP contribution in [0.4, 0.5) is 10.5 Å². The SMILES string of the molecule is CCN(CC)c1ccc(C2NC(=O)NC(c3ccccc3)=C2C(=O)OC(C)C)cc1. The van der Waals surface area contributed by atoms with Crippen molar-refractivity contribution in [1.29, 1.82) is 0 Å². The number of esters is 1. The third-order valence-electron chi connectivity index (χ3n) is 5.05. The summed E-state index contributed by atoms with van der Waals surface area (Å²) in [7, 11) is 0. The molecule has 0 aromatic heterocycles. The number of amides is 2. The first-order chi connectivity index (χ1) is 14.4. The van der Waals surface area contributed by atoms with E-state index in [9.17, 15) is 9.59 Å². The lowest BCUT2D eigenvalue weighted by Gasteiger charge is -2.30. The summed E-state index contributed by atoms with van der Waals surface area (Å²) in [5, 5.41) is 5.70. The molecule has 0 fully saturated rings. The number of anilines is 1. The summed E-state index contributed by atoms with van der Waals surface area (Å²) < 4.78 is 5.53. The average molecular weight is 408 g/mol. The first-order valence-electron chi connectivity index (χ1n) is 10.4. The van der Waals surface area contributed by atoms with Gasteiger partial charge in [0.15, 0.2) is 0 Å². The van der Waals surface area contributed by atoms with Crippen LogP contribution < -0.4 is 15.5 Å². The van der Waals surface area contributed by atoms with E-state index in [4.69, 9.17) is 4.74 Å². The summed E-state index contributed by atoms with van der Waals surface area (Å²) in [5.41, 5.74) is 3.55. The lowest BCUT2D eigenvalue weighted by atomic mass is 9.92. The minimum atomic E-state index is -0.606. The fourth-order valence-corrected chi connectivity index (χ4v) is 3.61. The molecule has 6 heteroatoms. The van der Waals surface area contributed by atoms with E-state index < -0.39 is 12.0 Å². The van der Waals surface area contributed by atoms with Crippen LogP contribution in [-0.4, -0.2) is 31.2 Å². The summed E-state index contributed by atoms with van der Waals surface area (Å²) in [5.74, 6) is -0.450. The van der Waals surface area contributed by atoms with Gasteiger partial charge in [-0.1, -0.05) is 42.5 Å². The Labute approximate surface area is 177 Å². The number of carbonyl (C=O) groups is 2. The molecule has 1 heterocycles. The van der Waals surface area contributed by atoms with Crippen molar-refractivity contribution in [3.05, 3.63) is 71.3 Å². The molecular formula is C24H29N3O3. The summed E-state index contributed by atoms with van der Waals surface area (Å²) in [6, 6.07) is 16.3. The van der Waals surface area contributed by atoms with E-state index in [1.807, 2.05) is 68.4 Å². The largest absolute Gasteiger partial charge is 0.459 e. The van der Waals surface area contributed by atoms with Crippen molar-refractivity contribution in [2.75, 3.05) is 18.0 Å². The minimum absolute atomic E-state index is 0.273. The molecule has 1 aliphatic heterocycles. The third-order valence-corrected chi connectivity index (χ3v) is 5.05. The van der Waals surface area contributed by atoms with E-state index in [-0.39, 0.29) is 12.1 Å². The van der Waals surface area contributed by atoms with E-state index in [1.165, 1.54) is 0 Å². The molecule has 6 nitrogen and oxygen atoms in total. The Balaban J connectivity index is 2.08. The Kier molecular flexibility index (Phi) is 6.77. The molecule has 0 bridgehead atoms. The highest BCUT2D eigenvalue weighted by Crippen LogP contribution is 2.33. The number of ether oxygens (including phenoxy) is 1. The second-order valence-electron chi connectivity index (χ2n) is 7.40. The Hall–Kier alpha value is -3.28. The summed E-state index contributed by atoms with van der Waals surface area (Å²) in [6.07, 6.45) is -0.273. The highest BCUT2D eigenvalue weighted by atomic mass is 16.5. The number of carbonyl (C=O) groups excluding carboxylic acids is 2. The van der Waals surface area contributed by atoms with Crippen molar-refractivity contribution < 1.29 is 14.3 Å². The van der Waals surface area contributed by atoms with E-state index >= 15 is 0 Å². The topological polar surface area (TPSA) is 70.7 Å². The molecule has 0 saturated carbocycles. The lowest BCUT2D eigenvalue weighted by molar-refractivity contribution is -0.143. The molecule has 1 atom stereocenters. The van der Waals surface area contributed by atoms with Gasteiger partial charge in [-0.25, -0.2) is 9.59 Å². The van der Waals surface area contributed by atoms with Gasteiger partial charge >= 0.3 is 12.0 Å². The second-order valence-corrected chi connectivity index (χ2v) is 7.40. The number of nitrogens with zero attached hydrogens (tertiary/aromatic N) is 1. The maximum atomic E-state index is 13.1. The monoisotopic (exact) mass is 407 g/mol. The standard InChI is InChI=1S/C24H29N3O3/c1-5-27(6-2)19-14-12-18(13-15-19)22-20(23(28)30-16(3)4)21(25-24(29)26-22)17-10-8-7-9-11-17/h7-16,22H,5-6H2,1-4H3,(H2,25,26,29). The van der Waals surface area contributed by atoms with Crippen LogP contribution in [-0.2, 0) is 9.53 Å². The zero-order valence-electron chi connectivity index (χ0n) is 17.9. The predicted molar refractivity (Wildman–Crippen MR) is 119 cm³/mol. The molecule has 1 unspecified atom stereocenters. The molecular weight excluding hydrogens is 378 g/mol. The Bertz CT molecular complexity index is 916. The quantitative estimate of drug-likeness (QED) is 0.673. The zero-order valence-corrected chi connectivity index (χ0v) is 17.9. The highest BCUT2D eigenvalue weighted by Gasteiger charge is 2.34. The molecule has 2 amide bonds. The van der Waals surface area contributed by atoms with E-state index in [0.717, 1.165) is 29.9 Å². The lowest BCUT2D eigenvalue weighted by Crippen LogP contribution is -2.45. The number of rotatable bonds is 7. The normalized spacial score (nSPS) is 16.2. The molecule has 0 spiro atoms. The van der Waals surface area contributed by atoms with Crippen LogP contribution in [0.25, 0.3) is 5.70 Å². The van der Waals surface area contributed by atoms with Gasteiger partial charge in [0.25, 0.3) is 0 Å². The van der Waals surface area contributed by atoms with Gasteiger partial charge in [0, 0.05) is 18.8 Å². The van der Waals surface area contributed by atoms with Gasteiger partial charge in [-0.15, -0.1) is 0 Å². The predicted octanol–water partition coefficient (Wildman–Crippen LogP) is 4.25. The van der Waals surface area contributed by atoms with Crippen molar-refractivity contribution >= 4 is 23.4 Å². The van der Waals surface area contributed by atoms with Crippen LogP contribution in [0.1, 0.15) is 44.9 Å². The molecule has 2 aromatic carbocycles. The van der Waals surface area contributed by atoms with Crippen molar-refractivity contribution in [1.82, 2.24) is 10.6 Å². The smallest absolute Gasteiger partial charge is 0.338 e. The van der Waals surface area contributed by atoms with Crippen LogP contribution in [0.15, 0.2) is 60.2 Å². The fraction of sp³-hybridized carbons (Fsp3) is 0.333. The maximum absolute atomic E-state index is 13.1. The van der Waals surface area contributed by atoms with Crippen molar-refractivity contribution in [3.8, 4) is 0 Å². The van der Waals surface area contributed by atoms with Gasteiger partial charge in [0.2, 0.25) is 0 Å². The van der Waals surface area contributed by atoms with Gasteiger partial charge in [0.1, 0.15) is 0 Å². The van der Waals surface area contributed by atoms with Crippen molar-refractivity contribution in [2.45, 2.75) is 39.8 Å². The zero-order chi connectivity index (χ0) is 21.7. The Morgan fingerprint density at radius 1 is 1.03 bits per heavy atom. The molecule has 2 N–H and O–H groups in total. The molecule has 0 radical (unpaired) electrons. The molecule has 30 heavy (non-hydrogen) atoms. The molecule has 0 saturated heterocycles. The van der Waals surface area contributed by atoms with Crippen molar-refractivity contribution in [3.63, 3.8) is 0 Å². The summed E-state index contributed by atoms with van der Waals surface area (Å²) in [4.78, 5) is 27.8. The van der Waals surface area contributed by atoms with Gasteiger partial charge in [-0.05, 0) is 51.0 Å². The molecule has 158 valence electrons. The summed E-state index contributed by atoms with van der Waals surface area (Å²) >= 11 is 0. The van der Waals surface area contributed by atoms with Crippen LogP contribution in [0.2, 0.25) is 0 Å². The van der Waals surface area contributed by atoms with Crippen LogP contribution in [0.3, 0.4) is 0 Å². The van der Waals surface area contributed by atoms with Gasteiger partial charge < -0.3 is 20.3 Å². The first kappa shape index (κ1) is 21.4. The van der Waals surface area contributed by atoms with Crippen LogP contribution in [0.5, 0.6) is 0 Å². The average Bonchev–Trinajstić information content (AvgIpc) is 2.74. The maximum Gasteiger partial charge on any atom is 0.338 e. The van der Waals surface area contributed by atoms with E-state index in [1.54, 1.807) is 0 Å².